The number of hydrogen-bond acceptors (Lipinski definition) is 5. The molecule has 0 aliphatic rings. The van der Waals surface area contributed by atoms with Gasteiger partial charge in [-0.25, -0.2) is 4.68 Å². The molecular weight excluding hydrogens is 326 g/mol. The zero-order valence-electron chi connectivity index (χ0n) is 15.2. The number of aromatic nitrogens is 5. The Kier molecular flexibility index (Phi) is 3.88. The predicted octanol–water partition coefficient (Wildman–Crippen LogP) is 4.22. The summed E-state index contributed by atoms with van der Waals surface area (Å²) in [5.74, 6) is 0.927. The first-order valence-electron chi connectivity index (χ1n) is 8.44. The van der Waals surface area contributed by atoms with Crippen LogP contribution in [0.3, 0.4) is 0 Å². The summed E-state index contributed by atoms with van der Waals surface area (Å²) in [7, 11) is 0. The van der Waals surface area contributed by atoms with E-state index in [0.29, 0.717) is 17.4 Å². The Labute approximate surface area is 151 Å². The lowest BCUT2D eigenvalue weighted by atomic mass is 10.1. The fraction of sp³-hybridized carbons (Fsp3) is 0.200. The average Bonchev–Trinajstić information content (AvgIpc) is 3.24. The molecular formula is C20H19N5O. The van der Waals surface area contributed by atoms with Crippen molar-refractivity contribution in [1.82, 2.24) is 25.1 Å². The number of rotatable bonds is 3. The monoisotopic (exact) mass is 345 g/mol. The minimum atomic E-state index is 0.373. The highest BCUT2D eigenvalue weighted by molar-refractivity contribution is 5.62. The van der Waals surface area contributed by atoms with Gasteiger partial charge in [0, 0.05) is 5.56 Å². The number of nitrogens with zero attached hydrogens (tertiary/aromatic N) is 5. The van der Waals surface area contributed by atoms with Gasteiger partial charge in [0.2, 0.25) is 5.82 Å². The van der Waals surface area contributed by atoms with Gasteiger partial charge in [-0.15, -0.1) is 5.10 Å². The smallest absolute Gasteiger partial charge is 0.280 e. The first-order chi connectivity index (χ1) is 12.5. The van der Waals surface area contributed by atoms with E-state index in [4.69, 9.17) is 4.52 Å². The van der Waals surface area contributed by atoms with Gasteiger partial charge in [0.1, 0.15) is 0 Å². The Morgan fingerprint density at radius 1 is 0.923 bits per heavy atom. The fourth-order valence-electron chi connectivity index (χ4n) is 2.96. The second kappa shape index (κ2) is 6.22. The highest BCUT2D eigenvalue weighted by Crippen LogP contribution is 2.26. The van der Waals surface area contributed by atoms with Gasteiger partial charge in [-0.2, -0.15) is 4.98 Å². The van der Waals surface area contributed by atoms with Gasteiger partial charge in [0.15, 0.2) is 5.69 Å². The molecule has 2 heterocycles. The van der Waals surface area contributed by atoms with Crippen LogP contribution in [0.2, 0.25) is 0 Å². The Balaban J connectivity index is 1.76. The van der Waals surface area contributed by atoms with Crippen LogP contribution in [-0.4, -0.2) is 25.1 Å². The zero-order chi connectivity index (χ0) is 18.3. The molecule has 4 rings (SSSR count). The highest BCUT2D eigenvalue weighted by Gasteiger charge is 2.20. The van der Waals surface area contributed by atoms with E-state index in [1.54, 1.807) is 0 Å². The zero-order valence-corrected chi connectivity index (χ0v) is 15.2. The third-order valence-electron chi connectivity index (χ3n) is 4.50. The Morgan fingerprint density at radius 3 is 2.54 bits per heavy atom. The van der Waals surface area contributed by atoms with Crippen LogP contribution in [0.5, 0.6) is 0 Å². The van der Waals surface area contributed by atoms with Gasteiger partial charge in [-0.3, -0.25) is 0 Å². The number of benzene rings is 2. The standard InChI is InChI=1S/C20H19N5O/c1-12-9-10-14(3)17(11-12)25-15(4)18(22-24-25)20-21-19(23-26-20)16-8-6-5-7-13(16)2/h5-11H,1-4H3. The van der Waals surface area contributed by atoms with Gasteiger partial charge in [-0.1, -0.05) is 46.8 Å². The highest BCUT2D eigenvalue weighted by atomic mass is 16.5. The van der Waals surface area contributed by atoms with E-state index in [2.05, 4.69) is 52.5 Å². The topological polar surface area (TPSA) is 69.6 Å². The minimum absolute atomic E-state index is 0.373. The van der Waals surface area contributed by atoms with Crippen molar-refractivity contribution in [2.24, 2.45) is 0 Å². The molecule has 4 aromatic rings. The molecule has 0 unspecified atom stereocenters. The van der Waals surface area contributed by atoms with Crippen molar-refractivity contribution in [2.45, 2.75) is 27.7 Å². The summed E-state index contributed by atoms with van der Waals surface area (Å²) in [6.07, 6.45) is 0. The van der Waals surface area contributed by atoms with Crippen LogP contribution in [0.1, 0.15) is 22.4 Å². The van der Waals surface area contributed by atoms with Gasteiger partial charge < -0.3 is 4.52 Å². The summed E-state index contributed by atoms with van der Waals surface area (Å²) in [5.41, 5.74) is 6.79. The second-order valence-corrected chi connectivity index (χ2v) is 6.46. The third kappa shape index (κ3) is 2.69. The molecule has 0 aliphatic carbocycles. The maximum Gasteiger partial charge on any atom is 0.280 e. The molecule has 0 bridgehead atoms. The van der Waals surface area contributed by atoms with Crippen molar-refractivity contribution in [1.29, 1.82) is 0 Å². The largest absolute Gasteiger partial charge is 0.332 e. The molecule has 0 radical (unpaired) electrons. The van der Waals surface area contributed by atoms with Crippen LogP contribution >= 0.6 is 0 Å². The first-order valence-corrected chi connectivity index (χ1v) is 8.44. The van der Waals surface area contributed by atoms with Crippen LogP contribution in [-0.2, 0) is 0 Å². The van der Waals surface area contributed by atoms with E-state index in [1.807, 2.05) is 42.8 Å². The van der Waals surface area contributed by atoms with Crippen molar-refractivity contribution in [3.05, 3.63) is 64.8 Å². The molecule has 0 aliphatic heterocycles. The Hall–Kier alpha value is -3.28. The van der Waals surface area contributed by atoms with E-state index in [0.717, 1.165) is 28.1 Å². The maximum absolute atomic E-state index is 5.47. The van der Waals surface area contributed by atoms with Crippen molar-refractivity contribution in [3.8, 4) is 28.7 Å². The summed E-state index contributed by atoms with van der Waals surface area (Å²) >= 11 is 0. The first kappa shape index (κ1) is 16.2. The van der Waals surface area contributed by atoms with E-state index in [-0.39, 0.29) is 0 Å². The molecule has 0 atom stereocenters. The summed E-state index contributed by atoms with van der Waals surface area (Å²) < 4.78 is 7.28. The fourth-order valence-corrected chi connectivity index (χ4v) is 2.96. The van der Waals surface area contributed by atoms with Crippen LogP contribution in [0.4, 0.5) is 0 Å². The molecule has 130 valence electrons. The van der Waals surface area contributed by atoms with Crippen molar-refractivity contribution >= 4 is 0 Å². The molecule has 2 aromatic carbocycles. The van der Waals surface area contributed by atoms with Crippen molar-refractivity contribution in [3.63, 3.8) is 0 Å². The molecule has 26 heavy (non-hydrogen) atoms. The van der Waals surface area contributed by atoms with Gasteiger partial charge in [-0.05, 0) is 50.5 Å². The normalized spacial score (nSPS) is 11.1. The molecule has 0 saturated heterocycles. The van der Waals surface area contributed by atoms with Crippen LogP contribution in [0.15, 0.2) is 47.0 Å². The molecule has 0 amide bonds. The average molecular weight is 345 g/mol. The molecule has 6 nitrogen and oxygen atoms in total. The maximum atomic E-state index is 5.47. The molecule has 0 N–H and O–H groups in total. The summed E-state index contributed by atoms with van der Waals surface area (Å²) in [6.45, 7) is 8.09. The lowest BCUT2D eigenvalue weighted by Crippen LogP contribution is -2.02. The van der Waals surface area contributed by atoms with Crippen LogP contribution in [0, 0.1) is 27.7 Å². The van der Waals surface area contributed by atoms with Gasteiger partial charge >= 0.3 is 0 Å². The predicted molar refractivity (Wildman–Crippen MR) is 99.0 cm³/mol. The third-order valence-corrected chi connectivity index (χ3v) is 4.50. The van der Waals surface area contributed by atoms with Crippen LogP contribution in [0.25, 0.3) is 28.7 Å². The Bertz CT molecular complexity index is 1090. The van der Waals surface area contributed by atoms with E-state index >= 15 is 0 Å². The van der Waals surface area contributed by atoms with Crippen molar-refractivity contribution in [2.75, 3.05) is 0 Å². The molecule has 0 fully saturated rings. The van der Waals surface area contributed by atoms with Gasteiger partial charge in [0.25, 0.3) is 5.89 Å². The number of hydrogen-bond donors (Lipinski definition) is 0. The molecule has 6 heteroatoms. The second-order valence-electron chi connectivity index (χ2n) is 6.46. The molecule has 0 spiro atoms. The number of aryl methyl sites for hydroxylation is 3. The lowest BCUT2D eigenvalue weighted by Gasteiger charge is -2.08. The summed E-state index contributed by atoms with van der Waals surface area (Å²) in [6, 6.07) is 14.2. The molecule has 0 saturated carbocycles. The van der Waals surface area contributed by atoms with Gasteiger partial charge in [0.05, 0.1) is 11.4 Å². The van der Waals surface area contributed by atoms with E-state index < -0.39 is 0 Å². The van der Waals surface area contributed by atoms with Crippen LogP contribution < -0.4 is 0 Å². The Morgan fingerprint density at radius 2 is 1.73 bits per heavy atom. The minimum Gasteiger partial charge on any atom is -0.332 e. The van der Waals surface area contributed by atoms with E-state index in [1.165, 1.54) is 5.56 Å². The van der Waals surface area contributed by atoms with Crippen molar-refractivity contribution < 1.29 is 4.52 Å². The molecule has 2 aromatic heterocycles. The van der Waals surface area contributed by atoms with E-state index in [9.17, 15) is 0 Å². The summed E-state index contributed by atoms with van der Waals surface area (Å²) in [4.78, 5) is 4.53. The quantitative estimate of drug-likeness (QED) is 0.556. The summed E-state index contributed by atoms with van der Waals surface area (Å²) in [5, 5.41) is 12.7. The SMILES string of the molecule is Cc1ccc(C)c(-n2nnc(-c3nc(-c4ccccc4C)no3)c2C)c1. The lowest BCUT2D eigenvalue weighted by molar-refractivity contribution is 0.430.